The first-order valence-corrected chi connectivity index (χ1v) is 9.21. The van der Waals surface area contributed by atoms with E-state index in [4.69, 9.17) is 0 Å². The first kappa shape index (κ1) is 19.4. The lowest BCUT2D eigenvalue weighted by Gasteiger charge is -2.19. The van der Waals surface area contributed by atoms with E-state index in [1.807, 2.05) is 0 Å². The SMILES string of the molecule is CC(n1c(=O)c(=O)[nH]c2cc([N+](=O)[O-])c3cccc([N+](=O)[O-])c3c21)P(=O)(O)O. The zero-order chi connectivity index (χ0) is 21.0. The number of hydrogen-bond donors (Lipinski definition) is 3. The molecular formula is C14H11N4O9P. The van der Waals surface area contributed by atoms with E-state index < -0.39 is 56.6 Å². The number of nitrogens with one attached hydrogen (secondary N) is 1. The molecule has 0 spiro atoms. The van der Waals surface area contributed by atoms with Crippen LogP contribution >= 0.6 is 7.60 Å². The number of aromatic nitrogens is 2. The van der Waals surface area contributed by atoms with E-state index >= 15 is 0 Å². The molecule has 0 fully saturated rings. The Hall–Kier alpha value is -3.41. The van der Waals surface area contributed by atoms with Crippen LogP contribution in [0.4, 0.5) is 11.4 Å². The third-order valence-corrected chi connectivity index (χ3v) is 5.45. The molecule has 0 aliphatic carbocycles. The second kappa shape index (κ2) is 6.34. The number of aromatic amines is 1. The highest BCUT2D eigenvalue weighted by molar-refractivity contribution is 7.51. The minimum atomic E-state index is -4.97. The Morgan fingerprint density at radius 1 is 1.14 bits per heavy atom. The van der Waals surface area contributed by atoms with Crippen molar-refractivity contribution in [1.29, 1.82) is 0 Å². The number of benzene rings is 2. The predicted molar refractivity (Wildman–Crippen MR) is 96.4 cm³/mol. The van der Waals surface area contributed by atoms with Crippen molar-refractivity contribution >= 4 is 40.8 Å². The molecule has 146 valence electrons. The number of nitrogens with zero attached hydrogens (tertiary/aromatic N) is 3. The molecule has 14 heteroatoms. The molecule has 1 aromatic heterocycles. The number of H-pyrrole nitrogens is 1. The number of nitro benzene ring substituents is 2. The molecule has 0 bridgehead atoms. The molecule has 3 aromatic rings. The average Bonchev–Trinajstić information content (AvgIpc) is 2.60. The van der Waals surface area contributed by atoms with Crippen molar-refractivity contribution in [1.82, 2.24) is 9.55 Å². The largest absolute Gasteiger partial charge is 0.347 e. The maximum atomic E-state index is 12.4. The number of non-ortho nitro benzene ring substituents is 2. The molecule has 0 saturated carbocycles. The highest BCUT2D eigenvalue weighted by Crippen LogP contribution is 2.49. The van der Waals surface area contributed by atoms with Crippen LogP contribution in [-0.4, -0.2) is 29.2 Å². The van der Waals surface area contributed by atoms with Gasteiger partial charge in [-0.25, -0.2) is 0 Å². The van der Waals surface area contributed by atoms with Crippen molar-refractivity contribution in [2.75, 3.05) is 0 Å². The third-order valence-electron chi connectivity index (χ3n) is 4.25. The van der Waals surface area contributed by atoms with E-state index in [-0.39, 0.29) is 10.9 Å². The molecule has 1 heterocycles. The van der Waals surface area contributed by atoms with Crippen LogP contribution in [0.2, 0.25) is 0 Å². The highest BCUT2D eigenvalue weighted by atomic mass is 31.2. The van der Waals surface area contributed by atoms with Gasteiger partial charge < -0.3 is 14.8 Å². The van der Waals surface area contributed by atoms with Crippen LogP contribution in [0.15, 0.2) is 33.9 Å². The van der Waals surface area contributed by atoms with Crippen molar-refractivity contribution in [3.63, 3.8) is 0 Å². The van der Waals surface area contributed by atoms with Gasteiger partial charge in [-0.2, -0.15) is 0 Å². The van der Waals surface area contributed by atoms with Crippen LogP contribution in [0.3, 0.4) is 0 Å². The van der Waals surface area contributed by atoms with Gasteiger partial charge in [-0.1, -0.05) is 6.07 Å². The first-order chi connectivity index (χ1) is 12.9. The summed E-state index contributed by atoms with van der Waals surface area (Å²) < 4.78 is 12.2. The lowest BCUT2D eigenvalue weighted by molar-refractivity contribution is -0.384. The van der Waals surface area contributed by atoms with Crippen LogP contribution in [0, 0.1) is 20.2 Å². The van der Waals surface area contributed by atoms with Gasteiger partial charge in [-0.05, 0) is 13.0 Å². The fourth-order valence-corrected chi connectivity index (χ4v) is 3.48. The van der Waals surface area contributed by atoms with Gasteiger partial charge in [-0.15, -0.1) is 0 Å². The van der Waals surface area contributed by atoms with Gasteiger partial charge in [0.25, 0.3) is 11.4 Å². The fraction of sp³-hybridized carbons (Fsp3) is 0.143. The molecule has 0 radical (unpaired) electrons. The second-order valence-corrected chi connectivity index (χ2v) is 7.78. The molecule has 0 aliphatic heterocycles. The second-order valence-electron chi connectivity index (χ2n) is 5.86. The van der Waals surface area contributed by atoms with Gasteiger partial charge in [0, 0.05) is 12.1 Å². The monoisotopic (exact) mass is 410 g/mol. The normalized spacial score (nSPS) is 13.0. The summed E-state index contributed by atoms with van der Waals surface area (Å²) in [6, 6.07) is 4.29. The molecule has 0 aliphatic rings. The molecule has 2 aromatic carbocycles. The van der Waals surface area contributed by atoms with Crippen molar-refractivity contribution in [3.05, 3.63) is 65.2 Å². The van der Waals surface area contributed by atoms with Gasteiger partial charge in [0.2, 0.25) is 0 Å². The van der Waals surface area contributed by atoms with Crippen molar-refractivity contribution in [2.45, 2.75) is 12.7 Å². The molecule has 1 unspecified atom stereocenters. The van der Waals surface area contributed by atoms with Gasteiger partial charge >= 0.3 is 18.7 Å². The summed E-state index contributed by atoms with van der Waals surface area (Å²) in [6.07, 6.45) is 0. The van der Waals surface area contributed by atoms with Gasteiger partial charge in [0.15, 0.2) is 0 Å². The van der Waals surface area contributed by atoms with E-state index in [1.54, 1.807) is 0 Å². The zero-order valence-corrected chi connectivity index (χ0v) is 14.8. The van der Waals surface area contributed by atoms with E-state index in [0.717, 1.165) is 19.1 Å². The summed E-state index contributed by atoms with van der Waals surface area (Å²) in [4.78, 5) is 66.7. The summed E-state index contributed by atoms with van der Waals surface area (Å²) in [5.74, 6) is -1.85. The Bertz CT molecular complexity index is 1340. The fourth-order valence-electron chi connectivity index (χ4n) is 2.96. The third kappa shape index (κ3) is 2.87. The topological polar surface area (TPSA) is 199 Å². The lowest BCUT2D eigenvalue weighted by atomic mass is 10.0. The van der Waals surface area contributed by atoms with Gasteiger partial charge in [0.05, 0.1) is 31.7 Å². The molecule has 13 nitrogen and oxygen atoms in total. The van der Waals surface area contributed by atoms with Crippen molar-refractivity contribution in [2.24, 2.45) is 0 Å². The van der Waals surface area contributed by atoms with Gasteiger partial charge in [-0.3, -0.25) is 38.9 Å². The molecule has 0 saturated heterocycles. The number of nitro groups is 2. The lowest BCUT2D eigenvalue weighted by Crippen LogP contribution is -2.37. The standard InChI is InChI=1S/C14H11N4O9P/c1-6(28(25,26)27)16-12-8(15-13(19)14(16)20)5-10(18(23)24)7-3-2-4-9(11(7)12)17(21)22/h2-6H,1H3,(H,15,19)(H2,25,26,27). The number of hydrogen-bond acceptors (Lipinski definition) is 7. The first-order valence-electron chi connectivity index (χ1n) is 7.53. The van der Waals surface area contributed by atoms with Gasteiger partial charge in [0.1, 0.15) is 5.78 Å². The Morgan fingerprint density at radius 3 is 2.29 bits per heavy atom. The smallest absolute Gasteiger partial charge is 0.323 e. The van der Waals surface area contributed by atoms with Crippen LogP contribution in [0.5, 0.6) is 0 Å². The minimum absolute atomic E-state index is 0.232. The Labute approximate surface area is 153 Å². The van der Waals surface area contributed by atoms with E-state index in [9.17, 15) is 44.2 Å². The Morgan fingerprint density at radius 2 is 1.75 bits per heavy atom. The molecule has 0 amide bonds. The molecular weight excluding hydrogens is 399 g/mol. The summed E-state index contributed by atoms with van der Waals surface area (Å²) in [5, 5.41) is 22.3. The molecule has 3 rings (SSSR count). The van der Waals surface area contributed by atoms with E-state index in [1.165, 1.54) is 12.1 Å². The number of fused-ring (bicyclic) bond motifs is 3. The maximum Gasteiger partial charge on any atom is 0.347 e. The summed E-state index contributed by atoms with van der Waals surface area (Å²) in [7, 11) is -4.97. The van der Waals surface area contributed by atoms with Crippen LogP contribution < -0.4 is 11.1 Å². The number of rotatable bonds is 4. The van der Waals surface area contributed by atoms with E-state index in [2.05, 4.69) is 4.98 Å². The molecule has 1 atom stereocenters. The van der Waals surface area contributed by atoms with Crippen molar-refractivity contribution in [3.8, 4) is 0 Å². The maximum absolute atomic E-state index is 12.4. The van der Waals surface area contributed by atoms with Crippen molar-refractivity contribution < 1.29 is 24.2 Å². The zero-order valence-electron chi connectivity index (χ0n) is 13.9. The van der Waals surface area contributed by atoms with E-state index in [0.29, 0.717) is 4.57 Å². The highest BCUT2D eigenvalue weighted by Gasteiger charge is 2.32. The van der Waals surface area contributed by atoms with Crippen LogP contribution in [0.1, 0.15) is 12.7 Å². The quantitative estimate of drug-likeness (QED) is 0.187. The summed E-state index contributed by atoms with van der Waals surface area (Å²) >= 11 is 0. The average molecular weight is 410 g/mol. The Balaban J connectivity index is 2.77. The molecule has 28 heavy (non-hydrogen) atoms. The summed E-state index contributed by atoms with van der Waals surface area (Å²) in [6.45, 7) is 0.961. The molecule has 3 N–H and O–H groups in total. The van der Waals surface area contributed by atoms with Crippen LogP contribution in [-0.2, 0) is 4.57 Å². The minimum Gasteiger partial charge on any atom is -0.323 e. The van der Waals surface area contributed by atoms with Crippen LogP contribution in [0.25, 0.3) is 21.8 Å². The Kier molecular flexibility index (Phi) is 4.38. The summed E-state index contributed by atoms with van der Waals surface area (Å²) in [5.41, 5.74) is -4.62. The predicted octanol–water partition coefficient (Wildman–Crippen LogP) is 1.36.